The molecule has 0 unspecified atom stereocenters. The van der Waals surface area contributed by atoms with Gasteiger partial charge in [-0.15, -0.1) is 5.10 Å². The van der Waals surface area contributed by atoms with Gasteiger partial charge in [-0.25, -0.2) is 9.48 Å². The quantitative estimate of drug-likeness (QED) is 0.939. The fraction of sp³-hybridized carbons (Fsp3) is 0.182. The van der Waals surface area contributed by atoms with Crippen molar-refractivity contribution in [3.63, 3.8) is 0 Å². The van der Waals surface area contributed by atoms with Gasteiger partial charge in [-0.3, -0.25) is 0 Å². The Balaban J connectivity index is 2.57. The highest BCUT2D eigenvalue weighted by Crippen LogP contribution is 2.25. The Morgan fingerprint density at radius 3 is 2.83 bits per heavy atom. The Labute approximate surface area is 117 Å². The zero-order valence-electron chi connectivity index (χ0n) is 9.39. The largest absolute Gasteiger partial charge is 0.476 e. The number of aromatic carboxylic acids is 1. The molecule has 2 rings (SSSR count). The molecule has 1 aromatic heterocycles. The summed E-state index contributed by atoms with van der Waals surface area (Å²) in [6.07, 6.45) is 0.523. The summed E-state index contributed by atoms with van der Waals surface area (Å²) in [6, 6.07) is 5.23. The van der Waals surface area contributed by atoms with Gasteiger partial charge in [0.1, 0.15) is 0 Å². The first-order valence-corrected chi connectivity index (χ1v) is 6.35. The van der Waals surface area contributed by atoms with Gasteiger partial charge in [-0.05, 0) is 40.5 Å². The van der Waals surface area contributed by atoms with Crippen molar-refractivity contribution >= 4 is 33.5 Å². The number of hydrogen-bond acceptors (Lipinski definition) is 3. The minimum absolute atomic E-state index is 0.0245. The van der Waals surface area contributed by atoms with Crippen LogP contribution in [0.1, 0.15) is 23.1 Å². The highest BCUT2D eigenvalue weighted by Gasteiger charge is 2.18. The van der Waals surface area contributed by atoms with Gasteiger partial charge in [-0.1, -0.05) is 23.7 Å². The Bertz CT molecular complexity index is 612. The highest BCUT2D eigenvalue weighted by atomic mass is 79.9. The van der Waals surface area contributed by atoms with Crippen LogP contribution in [-0.4, -0.2) is 26.1 Å². The number of carbonyl (C=O) groups is 1. The van der Waals surface area contributed by atoms with Crippen molar-refractivity contribution in [2.75, 3.05) is 0 Å². The van der Waals surface area contributed by atoms with Gasteiger partial charge in [0.25, 0.3) is 0 Å². The molecule has 0 radical (unpaired) electrons. The van der Waals surface area contributed by atoms with Crippen LogP contribution in [0, 0.1) is 0 Å². The standard InChI is InChI=1S/C11H9BrClN3O2/c1-2-9-10(11(17)18)14-15-16(9)6-3-4-8(13)7(12)5-6/h3-5H,2H2,1H3,(H,17,18). The van der Waals surface area contributed by atoms with Crippen molar-refractivity contribution in [1.29, 1.82) is 0 Å². The van der Waals surface area contributed by atoms with Gasteiger partial charge in [-0.2, -0.15) is 0 Å². The zero-order valence-corrected chi connectivity index (χ0v) is 11.7. The Morgan fingerprint density at radius 1 is 1.56 bits per heavy atom. The third-order valence-corrected chi connectivity index (χ3v) is 3.66. The molecule has 2 aromatic rings. The van der Waals surface area contributed by atoms with E-state index in [9.17, 15) is 4.79 Å². The number of nitrogens with zero attached hydrogens (tertiary/aromatic N) is 3. The van der Waals surface area contributed by atoms with Gasteiger partial charge < -0.3 is 5.11 Å². The van der Waals surface area contributed by atoms with Crippen LogP contribution in [-0.2, 0) is 6.42 Å². The van der Waals surface area contributed by atoms with Crippen molar-refractivity contribution < 1.29 is 9.90 Å². The Kier molecular flexibility index (Phi) is 3.68. The van der Waals surface area contributed by atoms with E-state index in [1.54, 1.807) is 18.2 Å². The maximum atomic E-state index is 11.0. The Morgan fingerprint density at radius 2 is 2.28 bits per heavy atom. The van der Waals surface area contributed by atoms with Crippen molar-refractivity contribution in [3.8, 4) is 5.69 Å². The SMILES string of the molecule is CCc1c(C(=O)O)nnn1-c1ccc(Cl)c(Br)c1. The van der Waals surface area contributed by atoms with Gasteiger partial charge in [0.2, 0.25) is 0 Å². The van der Waals surface area contributed by atoms with E-state index in [1.165, 1.54) is 4.68 Å². The molecule has 0 aliphatic rings. The smallest absolute Gasteiger partial charge is 0.358 e. The number of carboxylic acids is 1. The first-order valence-electron chi connectivity index (χ1n) is 5.18. The lowest BCUT2D eigenvalue weighted by atomic mass is 10.2. The fourth-order valence-corrected chi connectivity index (χ4v) is 2.09. The van der Waals surface area contributed by atoms with Crippen LogP contribution in [0.3, 0.4) is 0 Å². The minimum atomic E-state index is -1.08. The first-order chi connectivity index (χ1) is 8.54. The topological polar surface area (TPSA) is 68.0 Å². The predicted molar refractivity (Wildman–Crippen MR) is 70.4 cm³/mol. The molecule has 1 aromatic carbocycles. The molecule has 0 aliphatic heterocycles. The van der Waals surface area contributed by atoms with Crippen LogP contribution in [0.25, 0.3) is 5.69 Å². The maximum Gasteiger partial charge on any atom is 0.358 e. The highest BCUT2D eigenvalue weighted by molar-refractivity contribution is 9.10. The average molecular weight is 331 g/mol. The summed E-state index contributed by atoms with van der Waals surface area (Å²) in [4.78, 5) is 11.0. The number of aromatic nitrogens is 3. The molecule has 0 fully saturated rings. The van der Waals surface area contributed by atoms with Crippen LogP contribution >= 0.6 is 27.5 Å². The van der Waals surface area contributed by atoms with Gasteiger partial charge in [0, 0.05) is 4.47 Å². The molecule has 94 valence electrons. The number of halogens is 2. The molecule has 0 spiro atoms. The molecule has 5 nitrogen and oxygen atoms in total. The molecule has 0 bridgehead atoms. The van der Waals surface area contributed by atoms with Crippen LogP contribution < -0.4 is 0 Å². The molecule has 18 heavy (non-hydrogen) atoms. The number of benzene rings is 1. The molecule has 0 saturated carbocycles. The van der Waals surface area contributed by atoms with E-state index in [1.807, 2.05) is 6.92 Å². The molecule has 0 aliphatic carbocycles. The zero-order chi connectivity index (χ0) is 13.3. The summed E-state index contributed by atoms with van der Waals surface area (Å²) in [7, 11) is 0. The van der Waals surface area contributed by atoms with Crippen molar-refractivity contribution in [3.05, 3.63) is 39.1 Å². The Hall–Kier alpha value is -1.40. The second-order valence-electron chi connectivity index (χ2n) is 3.55. The molecule has 0 amide bonds. The minimum Gasteiger partial charge on any atom is -0.476 e. The summed E-state index contributed by atoms with van der Waals surface area (Å²) in [6.45, 7) is 1.85. The van der Waals surface area contributed by atoms with E-state index < -0.39 is 5.97 Å². The summed E-state index contributed by atoms with van der Waals surface area (Å²) in [5, 5.41) is 17.1. The number of hydrogen-bond donors (Lipinski definition) is 1. The lowest BCUT2D eigenvalue weighted by molar-refractivity contribution is 0.0689. The fourth-order valence-electron chi connectivity index (χ4n) is 1.61. The molecular formula is C11H9BrClN3O2. The van der Waals surface area contributed by atoms with Gasteiger partial charge >= 0.3 is 5.97 Å². The lowest BCUT2D eigenvalue weighted by Gasteiger charge is -2.06. The summed E-state index contributed by atoms with van der Waals surface area (Å²) < 4.78 is 2.22. The molecule has 0 atom stereocenters. The van der Waals surface area contributed by atoms with Crippen LogP contribution in [0.15, 0.2) is 22.7 Å². The molecule has 1 N–H and O–H groups in total. The third-order valence-electron chi connectivity index (χ3n) is 2.45. The van der Waals surface area contributed by atoms with Crippen molar-refractivity contribution in [1.82, 2.24) is 15.0 Å². The van der Waals surface area contributed by atoms with E-state index in [0.717, 1.165) is 4.47 Å². The second kappa shape index (κ2) is 5.07. The average Bonchev–Trinajstić information content (AvgIpc) is 2.76. The van der Waals surface area contributed by atoms with Gasteiger partial charge in [0.05, 0.1) is 16.4 Å². The van der Waals surface area contributed by atoms with E-state index in [0.29, 0.717) is 22.8 Å². The van der Waals surface area contributed by atoms with Crippen molar-refractivity contribution in [2.24, 2.45) is 0 Å². The van der Waals surface area contributed by atoms with Crippen LogP contribution in [0.4, 0.5) is 0 Å². The number of rotatable bonds is 3. The monoisotopic (exact) mass is 329 g/mol. The second-order valence-corrected chi connectivity index (χ2v) is 4.82. The molecule has 1 heterocycles. The normalized spacial score (nSPS) is 10.6. The predicted octanol–water partition coefficient (Wildman–Crippen LogP) is 2.94. The van der Waals surface area contributed by atoms with Crippen LogP contribution in [0.5, 0.6) is 0 Å². The summed E-state index contributed by atoms with van der Waals surface area (Å²) >= 11 is 9.23. The van der Waals surface area contributed by atoms with E-state index >= 15 is 0 Å². The van der Waals surface area contributed by atoms with Crippen LogP contribution in [0.2, 0.25) is 5.02 Å². The third kappa shape index (κ3) is 2.26. The van der Waals surface area contributed by atoms with E-state index in [2.05, 4.69) is 26.2 Å². The number of carboxylic acid groups (broad SMARTS) is 1. The first kappa shape index (κ1) is 13.0. The van der Waals surface area contributed by atoms with Crippen molar-refractivity contribution in [2.45, 2.75) is 13.3 Å². The van der Waals surface area contributed by atoms with E-state index in [-0.39, 0.29) is 5.69 Å². The molecule has 0 saturated heterocycles. The van der Waals surface area contributed by atoms with E-state index in [4.69, 9.17) is 16.7 Å². The summed E-state index contributed by atoms with van der Waals surface area (Å²) in [5.41, 5.74) is 1.24. The molecule has 7 heteroatoms. The molecular weight excluding hydrogens is 321 g/mol. The lowest BCUT2D eigenvalue weighted by Crippen LogP contribution is -2.05. The summed E-state index contributed by atoms with van der Waals surface area (Å²) in [5.74, 6) is -1.08. The maximum absolute atomic E-state index is 11.0. The van der Waals surface area contributed by atoms with Gasteiger partial charge in [0.15, 0.2) is 5.69 Å².